The highest BCUT2D eigenvalue weighted by atomic mass is 16.5. The van der Waals surface area contributed by atoms with Gasteiger partial charge in [0.25, 0.3) is 0 Å². The number of hydrogen-bond acceptors (Lipinski definition) is 3. The molecule has 3 heteroatoms. The normalized spacial score (nSPS) is 39.7. The van der Waals surface area contributed by atoms with Crippen LogP contribution in [0.5, 0.6) is 0 Å². The molecule has 3 fully saturated rings. The zero-order valence-corrected chi connectivity index (χ0v) is 12.2. The van der Waals surface area contributed by atoms with Crippen LogP contribution in [0.3, 0.4) is 0 Å². The van der Waals surface area contributed by atoms with Gasteiger partial charge in [0.05, 0.1) is 12.6 Å². The summed E-state index contributed by atoms with van der Waals surface area (Å²) in [6, 6.07) is 0. The van der Waals surface area contributed by atoms with E-state index in [-0.39, 0.29) is 11.0 Å². The van der Waals surface area contributed by atoms with E-state index in [4.69, 9.17) is 16.9 Å². The molecular formula is C16H26N2O. The molecule has 3 atom stereocenters. The number of hydrogen-bond donors (Lipinski definition) is 1. The van der Waals surface area contributed by atoms with Crippen LogP contribution in [0.1, 0.15) is 33.1 Å². The molecule has 2 aliphatic carbocycles. The van der Waals surface area contributed by atoms with Crippen molar-refractivity contribution in [3.05, 3.63) is 0 Å². The first-order chi connectivity index (χ1) is 8.99. The second kappa shape index (κ2) is 4.48. The molecule has 2 saturated carbocycles. The Morgan fingerprint density at radius 1 is 1.37 bits per heavy atom. The van der Waals surface area contributed by atoms with E-state index in [2.05, 4.69) is 24.7 Å². The minimum Gasteiger partial charge on any atom is -0.377 e. The standard InChI is InChI=1S/C16H26N2O/c1-4-8-18(10-12-5-6-12)11-16(17)13-7-9-19-14(13)15(16,2)3/h1,12-14H,5-11,17H2,2-3H3. The monoisotopic (exact) mass is 262 g/mol. The molecule has 1 heterocycles. The van der Waals surface area contributed by atoms with Crippen LogP contribution >= 0.6 is 0 Å². The molecule has 3 rings (SSSR count). The van der Waals surface area contributed by atoms with Crippen molar-refractivity contribution < 1.29 is 4.74 Å². The number of nitrogens with two attached hydrogens (primary N) is 1. The van der Waals surface area contributed by atoms with Crippen molar-refractivity contribution in [2.45, 2.75) is 44.8 Å². The maximum atomic E-state index is 6.80. The zero-order valence-electron chi connectivity index (χ0n) is 12.2. The van der Waals surface area contributed by atoms with Crippen LogP contribution in [0, 0.1) is 29.6 Å². The van der Waals surface area contributed by atoms with E-state index >= 15 is 0 Å². The van der Waals surface area contributed by atoms with Gasteiger partial charge >= 0.3 is 0 Å². The van der Waals surface area contributed by atoms with Crippen LogP contribution < -0.4 is 5.73 Å². The van der Waals surface area contributed by atoms with Gasteiger partial charge in [0.15, 0.2) is 0 Å². The van der Waals surface area contributed by atoms with Gasteiger partial charge in [0.1, 0.15) is 0 Å². The second-order valence-corrected chi connectivity index (χ2v) is 7.27. The minimum atomic E-state index is -0.139. The molecular weight excluding hydrogens is 236 g/mol. The summed E-state index contributed by atoms with van der Waals surface area (Å²) in [6.45, 7) is 8.15. The molecule has 1 saturated heterocycles. The maximum Gasteiger partial charge on any atom is 0.0691 e. The molecule has 19 heavy (non-hydrogen) atoms. The second-order valence-electron chi connectivity index (χ2n) is 7.27. The summed E-state index contributed by atoms with van der Waals surface area (Å²) in [5, 5.41) is 0. The van der Waals surface area contributed by atoms with Gasteiger partial charge in [-0.05, 0) is 25.2 Å². The summed E-state index contributed by atoms with van der Waals surface area (Å²) in [7, 11) is 0. The zero-order chi connectivity index (χ0) is 13.7. The van der Waals surface area contributed by atoms with Gasteiger partial charge < -0.3 is 10.5 Å². The molecule has 3 nitrogen and oxygen atoms in total. The van der Waals surface area contributed by atoms with Gasteiger partial charge in [-0.2, -0.15) is 0 Å². The number of nitrogens with zero attached hydrogens (tertiary/aromatic N) is 1. The van der Waals surface area contributed by atoms with Gasteiger partial charge in [0, 0.05) is 36.6 Å². The molecule has 0 spiro atoms. The Labute approximate surface area is 116 Å². The number of terminal acetylenes is 1. The Morgan fingerprint density at radius 3 is 2.74 bits per heavy atom. The third-order valence-corrected chi connectivity index (χ3v) is 5.68. The fourth-order valence-corrected chi connectivity index (χ4v) is 4.15. The van der Waals surface area contributed by atoms with Crippen molar-refractivity contribution in [3.8, 4) is 12.3 Å². The van der Waals surface area contributed by atoms with E-state index in [1.165, 1.54) is 12.8 Å². The largest absolute Gasteiger partial charge is 0.377 e. The molecule has 106 valence electrons. The van der Waals surface area contributed by atoms with Crippen LogP contribution in [0.15, 0.2) is 0 Å². The third-order valence-electron chi connectivity index (χ3n) is 5.68. The van der Waals surface area contributed by atoms with Crippen LogP contribution in [0.25, 0.3) is 0 Å². The van der Waals surface area contributed by atoms with Crippen LogP contribution in [-0.4, -0.2) is 42.8 Å². The first kappa shape index (κ1) is 13.4. The summed E-state index contributed by atoms with van der Waals surface area (Å²) >= 11 is 0. The minimum absolute atomic E-state index is 0.0601. The molecule has 3 aliphatic rings. The van der Waals surface area contributed by atoms with E-state index in [0.717, 1.165) is 38.6 Å². The fourth-order valence-electron chi connectivity index (χ4n) is 4.15. The Kier molecular flexibility index (Phi) is 3.16. The maximum absolute atomic E-state index is 6.80. The van der Waals surface area contributed by atoms with Crippen molar-refractivity contribution in [2.24, 2.45) is 23.0 Å². The Bertz CT molecular complexity index is 396. The van der Waals surface area contributed by atoms with E-state index in [0.29, 0.717) is 12.0 Å². The fraction of sp³-hybridized carbons (Fsp3) is 0.875. The number of ether oxygens (including phenoxy) is 1. The summed E-state index contributed by atoms with van der Waals surface area (Å²) in [4.78, 5) is 2.40. The lowest BCUT2D eigenvalue weighted by molar-refractivity contribution is -0.162. The molecule has 2 N–H and O–H groups in total. The Balaban J connectivity index is 1.70. The van der Waals surface area contributed by atoms with Crippen LogP contribution in [-0.2, 0) is 4.74 Å². The highest BCUT2D eigenvalue weighted by Gasteiger charge is 2.67. The van der Waals surface area contributed by atoms with Crippen molar-refractivity contribution in [2.75, 3.05) is 26.2 Å². The van der Waals surface area contributed by atoms with Gasteiger partial charge in [0.2, 0.25) is 0 Å². The van der Waals surface area contributed by atoms with E-state index < -0.39 is 0 Å². The SMILES string of the molecule is C#CCN(CC1CC1)CC1(N)C2CCOC2C1(C)C. The topological polar surface area (TPSA) is 38.5 Å². The van der Waals surface area contributed by atoms with Crippen molar-refractivity contribution >= 4 is 0 Å². The molecule has 3 unspecified atom stereocenters. The smallest absolute Gasteiger partial charge is 0.0691 e. The average molecular weight is 262 g/mol. The average Bonchev–Trinajstić information content (AvgIpc) is 3.03. The lowest BCUT2D eigenvalue weighted by Crippen LogP contribution is -2.78. The number of rotatable bonds is 5. The molecule has 0 amide bonds. The summed E-state index contributed by atoms with van der Waals surface area (Å²) in [5.41, 5.74) is 6.72. The lowest BCUT2D eigenvalue weighted by atomic mass is 9.48. The number of fused-ring (bicyclic) bond motifs is 1. The van der Waals surface area contributed by atoms with Gasteiger partial charge in [-0.3, -0.25) is 4.90 Å². The van der Waals surface area contributed by atoms with Crippen molar-refractivity contribution in [1.82, 2.24) is 4.90 Å². The summed E-state index contributed by atoms with van der Waals surface area (Å²) < 4.78 is 5.86. The van der Waals surface area contributed by atoms with Crippen LogP contribution in [0.4, 0.5) is 0 Å². The van der Waals surface area contributed by atoms with Gasteiger partial charge in [-0.15, -0.1) is 6.42 Å². The lowest BCUT2D eigenvalue weighted by Gasteiger charge is -2.63. The van der Waals surface area contributed by atoms with Crippen molar-refractivity contribution in [3.63, 3.8) is 0 Å². The van der Waals surface area contributed by atoms with E-state index in [1.54, 1.807) is 0 Å². The Morgan fingerprint density at radius 2 is 2.11 bits per heavy atom. The molecule has 0 aromatic heterocycles. The molecule has 1 aliphatic heterocycles. The van der Waals surface area contributed by atoms with E-state index in [1.807, 2.05) is 0 Å². The highest BCUT2D eigenvalue weighted by molar-refractivity contribution is 5.22. The molecule has 0 radical (unpaired) electrons. The van der Waals surface area contributed by atoms with E-state index in [9.17, 15) is 0 Å². The highest BCUT2D eigenvalue weighted by Crippen LogP contribution is 2.58. The summed E-state index contributed by atoms with van der Waals surface area (Å²) in [6.07, 6.45) is 9.70. The Hall–Kier alpha value is -0.560. The first-order valence-corrected chi connectivity index (χ1v) is 7.55. The predicted molar refractivity (Wildman–Crippen MR) is 76.5 cm³/mol. The first-order valence-electron chi connectivity index (χ1n) is 7.55. The third kappa shape index (κ3) is 2.01. The quantitative estimate of drug-likeness (QED) is 0.763. The van der Waals surface area contributed by atoms with Gasteiger partial charge in [-0.25, -0.2) is 0 Å². The molecule has 0 bridgehead atoms. The van der Waals surface area contributed by atoms with Gasteiger partial charge in [-0.1, -0.05) is 19.8 Å². The molecule has 0 aromatic carbocycles. The summed E-state index contributed by atoms with van der Waals surface area (Å²) in [5.74, 6) is 4.17. The van der Waals surface area contributed by atoms with Crippen molar-refractivity contribution in [1.29, 1.82) is 0 Å². The predicted octanol–water partition coefficient (Wildman–Crippen LogP) is 1.47. The van der Waals surface area contributed by atoms with Crippen LogP contribution in [0.2, 0.25) is 0 Å². The molecule has 0 aromatic rings.